The molecule has 0 amide bonds. The summed E-state index contributed by atoms with van der Waals surface area (Å²) in [6.45, 7) is 8.19. The Balaban J connectivity index is 2.07. The molecule has 0 aliphatic carbocycles. The lowest BCUT2D eigenvalue weighted by atomic mass is 10.1. The van der Waals surface area contributed by atoms with E-state index in [4.69, 9.17) is 5.73 Å². The molecule has 1 heterocycles. The first-order valence-corrected chi connectivity index (χ1v) is 5.65. The Kier molecular flexibility index (Phi) is 3.15. The summed E-state index contributed by atoms with van der Waals surface area (Å²) in [6, 6.07) is 8.32. The Bertz CT molecular complexity index is 361. The van der Waals surface area contributed by atoms with Crippen LogP contribution < -0.4 is 10.6 Å². The maximum atomic E-state index is 5.65. The largest absolute Gasteiger partial charge is 0.399 e. The topological polar surface area (TPSA) is 32.5 Å². The Morgan fingerprint density at radius 3 is 2.19 bits per heavy atom. The molecule has 86 valence electrons. The van der Waals surface area contributed by atoms with Gasteiger partial charge in [0.2, 0.25) is 0 Å². The molecular weight excluding hydrogens is 198 g/mol. The van der Waals surface area contributed by atoms with E-state index < -0.39 is 0 Å². The van der Waals surface area contributed by atoms with Crippen molar-refractivity contribution in [3.63, 3.8) is 0 Å². The molecule has 0 unspecified atom stereocenters. The molecular formula is C13H19N3. The van der Waals surface area contributed by atoms with Crippen LogP contribution in [0.3, 0.4) is 0 Å². The predicted molar refractivity (Wildman–Crippen MR) is 69.4 cm³/mol. The predicted octanol–water partition coefficient (Wildman–Crippen LogP) is 1.37. The molecule has 1 aliphatic rings. The van der Waals surface area contributed by atoms with Gasteiger partial charge in [0.05, 0.1) is 0 Å². The van der Waals surface area contributed by atoms with Gasteiger partial charge in [0.1, 0.15) is 0 Å². The van der Waals surface area contributed by atoms with E-state index in [1.807, 2.05) is 12.1 Å². The van der Waals surface area contributed by atoms with Crippen LogP contribution in [0.4, 0.5) is 5.69 Å². The fraction of sp³-hybridized carbons (Fsp3) is 0.385. The van der Waals surface area contributed by atoms with Crippen molar-refractivity contribution in [1.82, 2.24) is 4.90 Å². The number of hydrogen-bond acceptors (Lipinski definition) is 3. The third-order valence-electron chi connectivity index (χ3n) is 3.11. The highest BCUT2D eigenvalue weighted by Crippen LogP contribution is 2.18. The number of benzene rings is 1. The summed E-state index contributed by atoms with van der Waals surface area (Å²) in [5, 5.41) is 0. The second-order valence-electron chi connectivity index (χ2n) is 4.36. The van der Waals surface area contributed by atoms with Crippen molar-refractivity contribution < 1.29 is 0 Å². The molecule has 2 rings (SSSR count). The number of nitrogens with zero attached hydrogens (tertiary/aromatic N) is 2. The van der Waals surface area contributed by atoms with Gasteiger partial charge in [-0.25, -0.2) is 0 Å². The molecule has 0 spiro atoms. The van der Waals surface area contributed by atoms with Crippen molar-refractivity contribution in [2.45, 2.75) is 0 Å². The third kappa shape index (κ3) is 2.36. The summed E-state index contributed by atoms with van der Waals surface area (Å²) in [7, 11) is 2.17. The highest BCUT2D eigenvalue weighted by Gasteiger charge is 2.13. The average Bonchev–Trinajstić information content (AvgIpc) is 2.30. The zero-order valence-electron chi connectivity index (χ0n) is 9.82. The summed E-state index contributed by atoms with van der Waals surface area (Å²) in [4.78, 5) is 4.76. The van der Waals surface area contributed by atoms with Crippen LogP contribution in [0.2, 0.25) is 0 Å². The summed E-state index contributed by atoms with van der Waals surface area (Å²) in [5.41, 5.74) is 8.56. The van der Waals surface area contributed by atoms with Crippen molar-refractivity contribution in [2.24, 2.45) is 5.73 Å². The number of piperazine rings is 1. The fourth-order valence-electron chi connectivity index (χ4n) is 1.95. The molecule has 0 saturated carbocycles. The second-order valence-corrected chi connectivity index (χ2v) is 4.36. The van der Waals surface area contributed by atoms with Crippen LogP contribution in [-0.2, 0) is 0 Å². The van der Waals surface area contributed by atoms with Gasteiger partial charge in [0, 0.05) is 37.6 Å². The molecule has 1 aliphatic heterocycles. The molecule has 3 nitrogen and oxygen atoms in total. The van der Waals surface area contributed by atoms with Gasteiger partial charge in [0.25, 0.3) is 0 Å². The van der Waals surface area contributed by atoms with E-state index in [1.54, 1.807) is 0 Å². The van der Waals surface area contributed by atoms with Crippen LogP contribution in [0.5, 0.6) is 0 Å². The summed E-state index contributed by atoms with van der Waals surface area (Å²) in [5.74, 6) is 0. The zero-order chi connectivity index (χ0) is 11.5. The quantitative estimate of drug-likeness (QED) is 0.812. The maximum absolute atomic E-state index is 5.65. The van der Waals surface area contributed by atoms with Gasteiger partial charge < -0.3 is 15.5 Å². The number of rotatable bonds is 2. The fourth-order valence-corrected chi connectivity index (χ4v) is 1.95. The van der Waals surface area contributed by atoms with Crippen LogP contribution in [0.1, 0.15) is 5.56 Å². The molecule has 0 bridgehead atoms. The van der Waals surface area contributed by atoms with Crippen LogP contribution in [0, 0.1) is 0 Å². The lowest BCUT2D eigenvalue weighted by Crippen LogP contribution is -2.44. The SMILES string of the molecule is C=C(N)c1ccc(N2CCN(C)CC2)cc1. The van der Waals surface area contributed by atoms with Crippen LogP contribution in [0.15, 0.2) is 30.8 Å². The van der Waals surface area contributed by atoms with E-state index in [0.29, 0.717) is 5.70 Å². The highest BCUT2D eigenvalue weighted by molar-refractivity contribution is 5.63. The first-order valence-electron chi connectivity index (χ1n) is 5.65. The van der Waals surface area contributed by atoms with Gasteiger partial charge in [-0.15, -0.1) is 0 Å². The first-order chi connectivity index (χ1) is 7.66. The molecule has 0 radical (unpaired) electrons. The highest BCUT2D eigenvalue weighted by atomic mass is 15.2. The molecule has 1 aromatic carbocycles. The minimum absolute atomic E-state index is 0.630. The van der Waals surface area contributed by atoms with Crippen LogP contribution in [0.25, 0.3) is 5.70 Å². The van der Waals surface area contributed by atoms with Gasteiger partial charge in [-0.3, -0.25) is 0 Å². The van der Waals surface area contributed by atoms with E-state index in [0.717, 1.165) is 31.7 Å². The first kappa shape index (κ1) is 11.0. The molecule has 3 heteroatoms. The van der Waals surface area contributed by atoms with E-state index >= 15 is 0 Å². The molecule has 0 aromatic heterocycles. The Morgan fingerprint density at radius 2 is 1.69 bits per heavy atom. The normalized spacial score (nSPS) is 17.4. The monoisotopic (exact) mass is 217 g/mol. The van der Waals surface area contributed by atoms with Gasteiger partial charge >= 0.3 is 0 Å². The summed E-state index contributed by atoms with van der Waals surface area (Å²) < 4.78 is 0. The lowest BCUT2D eigenvalue weighted by molar-refractivity contribution is 0.313. The van der Waals surface area contributed by atoms with Gasteiger partial charge in [-0.1, -0.05) is 18.7 Å². The Hall–Kier alpha value is -1.48. The van der Waals surface area contributed by atoms with Crippen molar-refractivity contribution in [2.75, 3.05) is 38.1 Å². The number of hydrogen-bond donors (Lipinski definition) is 1. The van der Waals surface area contributed by atoms with Crippen molar-refractivity contribution in [3.8, 4) is 0 Å². The second kappa shape index (κ2) is 4.58. The Labute approximate surface area is 97.2 Å². The standard InChI is InChI=1S/C13H19N3/c1-11(14)12-3-5-13(6-4-12)16-9-7-15(2)8-10-16/h3-6H,1,7-10,14H2,2H3. The van der Waals surface area contributed by atoms with Gasteiger partial charge in [-0.05, 0) is 24.7 Å². The zero-order valence-corrected chi connectivity index (χ0v) is 9.82. The van der Waals surface area contributed by atoms with Crippen molar-refractivity contribution >= 4 is 11.4 Å². The third-order valence-corrected chi connectivity index (χ3v) is 3.11. The van der Waals surface area contributed by atoms with Crippen LogP contribution in [-0.4, -0.2) is 38.1 Å². The molecule has 0 atom stereocenters. The number of anilines is 1. The van der Waals surface area contributed by atoms with Gasteiger partial charge in [0.15, 0.2) is 0 Å². The minimum Gasteiger partial charge on any atom is -0.399 e. The molecule has 1 aromatic rings. The summed E-state index contributed by atoms with van der Waals surface area (Å²) in [6.07, 6.45) is 0. The Morgan fingerprint density at radius 1 is 1.12 bits per heavy atom. The molecule has 1 saturated heterocycles. The molecule has 1 fully saturated rings. The molecule has 16 heavy (non-hydrogen) atoms. The van der Waals surface area contributed by atoms with Gasteiger partial charge in [-0.2, -0.15) is 0 Å². The average molecular weight is 217 g/mol. The summed E-state index contributed by atoms with van der Waals surface area (Å²) >= 11 is 0. The van der Waals surface area contributed by atoms with E-state index in [1.165, 1.54) is 5.69 Å². The van der Waals surface area contributed by atoms with Crippen molar-refractivity contribution in [3.05, 3.63) is 36.4 Å². The smallest absolute Gasteiger partial charge is 0.0367 e. The number of likely N-dealkylation sites (N-methyl/N-ethyl adjacent to an activating group) is 1. The lowest BCUT2D eigenvalue weighted by Gasteiger charge is -2.34. The minimum atomic E-state index is 0.630. The number of nitrogens with two attached hydrogens (primary N) is 1. The van der Waals surface area contributed by atoms with Crippen LogP contribution >= 0.6 is 0 Å². The maximum Gasteiger partial charge on any atom is 0.0367 e. The van der Waals surface area contributed by atoms with Crippen molar-refractivity contribution in [1.29, 1.82) is 0 Å². The van der Waals surface area contributed by atoms with E-state index in [9.17, 15) is 0 Å². The van der Waals surface area contributed by atoms with E-state index in [-0.39, 0.29) is 0 Å². The molecule has 2 N–H and O–H groups in total. The van der Waals surface area contributed by atoms with E-state index in [2.05, 4.69) is 35.6 Å².